The molecule has 0 bridgehead atoms. The molecule has 0 aliphatic carbocycles. The van der Waals surface area contributed by atoms with Gasteiger partial charge >= 0.3 is 0 Å². The molecule has 1 nitrogen and oxygen atoms in total. The minimum Gasteiger partial charge on any atom is -0.184 e. The summed E-state index contributed by atoms with van der Waals surface area (Å²) in [6, 6.07) is 0.601. The van der Waals surface area contributed by atoms with E-state index < -0.39 is 0 Å². The third-order valence-electron chi connectivity index (χ3n) is 2.37. The van der Waals surface area contributed by atoms with Crippen LogP contribution in [-0.4, -0.2) is 16.3 Å². The van der Waals surface area contributed by atoms with Gasteiger partial charge in [-0.1, -0.05) is 31.6 Å². The predicted molar refractivity (Wildman–Crippen MR) is 62.7 cm³/mol. The van der Waals surface area contributed by atoms with Crippen LogP contribution in [0.2, 0.25) is 0 Å². The standard InChI is InChI=1S/C13H20N/c1-4-6-8-10-13-12(3)14(13)11-9-7-5-2/h4,6,8-12H,5,7H2,1-3H3/q+1. The highest BCUT2D eigenvalue weighted by Crippen LogP contribution is 2.13. The second-order valence-electron chi connectivity index (χ2n) is 3.57. The van der Waals surface area contributed by atoms with Crippen molar-refractivity contribution in [3.8, 4) is 0 Å². The molecule has 0 aromatic carbocycles. The van der Waals surface area contributed by atoms with Gasteiger partial charge in [-0.05, 0) is 19.4 Å². The molecule has 1 aliphatic rings. The number of allylic oxidation sites excluding steroid dienone is 4. The molecule has 0 spiro atoms. The Balaban J connectivity index is 2.46. The van der Waals surface area contributed by atoms with Crippen LogP contribution in [0.1, 0.15) is 33.6 Å². The van der Waals surface area contributed by atoms with Crippen molar-refractivity contribution in [2.75, 3.05) is 0 Å². The Hall–Kier alpha value is -1.11. The van der Waals surface area contributed by atoms with Gasteiger partial charge in [0.05, 0.1) is 0 Å². The van der Waals surface area contributed by atoms with Crippen LogP contribution >= 0.6 is 0 Å². The van der Waals surface area contributed by atoms with Gasteiger partial charge in [-0.15, -0.1) is 0 Å². The molecule has 0 aromatic heterocycles. The summed E-state index contributed by atoms with van der Waals surface area (Å²) < 4.78 is 2.30. The molecule has 0 N–H and O–H groups in total. The summed E-state index contributed by atoms with van der Waals surface area (Å²) >= 11 is 0. The van der Waals surface area contributed by atoms with Crippen LogP contribution in [0.15, 0.2) is 36.6 Å². The van der Waals surface area contributed by atoms with Crippen LogP contribution in [0, 0.1) is 0 Å². The summed E-state index contributed by atoms with van der Waals surface area (Å²) in [6.07, 6.45) is 15.2. The molecule has 0 radical (unpaired) electrons. The molecule has 0 saturated carbocycles. The van der Waals surface area contributed by atoms with Crippen molar-refractivity contribution in [2.45, 2.75) is 39.7 Å². The fourth-order valence-electron chi connectivity index (χ4n) is 1.40. The molecular formula is C13H20N+. The lowest BCUT2D eigenvalue weighted by Gasteiger charge is -1.77. The maximum atomic E-state index is 2.30. The highest BCUT2D eigenvalue weighted by atomic mass is 15.2. The van der Waals surface area contributed by atoms with Gasteiger partial charge in [0.15, 0.2) is 6.20 Å². The lowest BCUT2D eigenvalue weighted by molar-refractivity contribution is -0.391. The molecule has 0 amide bonds. The first-order chi connectivity index (χ1) is 6.81. The van der Waals surface area contributed by atoms with Crippen LogP contribution in [0.25, 0.3) is 0 Å². The van der Waals surface area contributed by atoms with E-state index in [0.29, 0.717) is 6.04 Å². The lowest BCUT2D eigenvalue weighted by Crippen LogP contribution is -1.89. The number of nitrogens with zero attached hydrogens (tertiary/aromatic N) is 1. The summed E-state index contributed by atoms with van der Waals surface area (Å²) in [5.74, 6) is 0. The van der Waals surface area contributed by atoms with E-state index in [-0.39, 0.29) is 0 Å². The van der Waals surface area contributed by atoms with Crippen LogP contribution in [0.4, 0.5) is 0 Å². The van der Waals surface area contributed by atoms with Crippen molar-refractivity contribution in [3.05, 3.63) is 36.6 Å². The molecule has 76 valence electrons. The summed E-state index contributed by atoms with van der Waals surface area (Å²) in [4.78, 5) is 0. The summed E-state index contributed by atoms with van der Waals surface area (Å²) in [7, 11) is 0. The quantitative estimate of drug-likeness (QED) is 0.462. The van der Waals surface area contributed by atoms with Gasteiger partial charge in [-0.2, -0.15) is 4.58 Å². The molecule has 1 rings (SSSR count). The molecule has 1 atom stereocenters. The van der Waals surface area contributed by atoms with E-state index in [9.17, 15) is 0 Å². The maximum Gasteiger partial charge on any atom is 0.251 e. The van der Waals surface area contributed by atoms with Crippen molar-refractivity contribution in [1.82, 2.24) is 0 Å². The number of hydrogen-bond acceptors (Lipinski definition) is 0. The van der Waals surface area contributed by atoms with Gasteiger partial charge in [-0.25, -0.2) is 0 Å². The second-order valence-corrected chi connectivity index (χ2v) is 3.57. The highest BCUT2D eigenvalue weighted by molar-refractivity contribution is 6.01. The lowest BCUT2D eigenvalue weighted by atomic mass is 10.3. The van der Waals surface area contributed by atoms with E-state index in [4.69, 9.17) is 0 Å². The van der Waals surface area contributed by atoms with Crippen LogP contribution < -0.4 is 0 Å². The van der Waals surface area contributed by atoms with Crippen molar-refractivity contribution >= 4 is 5.71 Å². The summed E-state index contributed by atoms with van der Waals surface area (Å²) in [5, 5.41) is 0. The fraction of sp³-hybridized carbons (Fsp3) is 0.462. The van der Waals surface area contributed by atoms with Gasteiger partial charge in [0.2, 0.25) is 6.04 Å². The zero-order valence-electron chi connectivity index (χ0n) is 9.40. The minimum absolute atomic E-state index is 0.601. The first-order valence-electron chi connectivity index (χ1n) is 5.42. The first-order valence-corrected chi connectivity index (χ1v) is 5.42. The zero-order valence-corrected chi connectivity index (χ0v) is 9.40. The molecule has 1 heteroatoms. The average Bonchev–Trinajstić information content (AvgIpc) is 2.78. The van der Waals surface area contributed by atoms with Crippen LogP contribution in [-0.2, 0) is 0 Å². The Kier molecular flexibility index (Phi) is 4.37. The predicted octanol–water partition coefficient (Wildman–Crippen LogP) is 3.29. The van der Waals surface area contributed by atoms with Gasteiger partial charge < -0.3 is 0 Å². The molecule has 0 fully saturated rings. The van der Waals surface area contributed by atoms with Crippen molar-refractivity contribution < 1.29 is 4.58 Å². The molecule has 1 aliphatic heterocycles. The third-order valence-corrected chi connectivity index (χ3v) is 2.37. The van der Waals surface area contributed by atoms with Crippen molar-refractivity contribution in [3.63, 3.8) is 0 Å². The van der Waals surface area contributed by atoms with Crippen LogP contribution in [0.3, 0.4) is 0 Å². The smallest absolute Gasteiger partial charge is 0.184 e. The van der Waals surface area contributed by atoms with E-state index in [1.807, 2.05) is 13.0 Å². The van der Waals surface area contributed by atoms with Gasteiger partial charge in [0.25, 0.3) is 5.71 Å². The van der Waals surface area contributed by atoms with Crippen molar-refractivity contribution in [1.29, 1.82) is 0 Å². The van der Waals surface area contributed by atoms with Crippen molar-refractivity contribution in [2.24, 2.45) is 0 Å². The molecule has 0 aromatic rings. The number of unbranched alkanes of at least 4 members (excludes halogenated alkanes) is 1. The Morgan fingerprint density at radius 1 is 1.36 bits per heavy atom. The van der Waals surface area contributed by atoms with Crippen LogP contribution in [0.5, 0.6) is 0 Å². The Morgan fingerprint density at radius 3 is 2.79 bits per heavy atom. The normalized spacial score (nSPS) is 22.1. The SMILES string of the molecule is CC=CC=CC1=[N+](C=CCCC)C1C. The number of hydrogen-bond donors (Lipinski definition) is 0. The summed E-state index contributed by atoms with van der Waals surface area (Å²) in [6.45, 7) is 6.46. The molecule has 0 saturated heterocycles. The fourth-order valence-corrected chi connectivity index (χ4v) is 1.40. The van der Waals surface area contributed by atoms with E-state index in [2.05, 4.69) is 48.9 Å². The maximum absolute atomic E-state index is 2.30. The third kappa shape index (κ3) is 2.99. The monoisotopic (exact) mass is 190 g/mol. The topological polar surface area (TPSA) is 3.01 Å². The van der Waals surface area contributed by atoms with E-state index in [0.717, 1.165) is 0 Å². The van der Waals surface area contributed by atoms with E-state index in [1.54, 1.807) is 0 Å². The molecule has 1 heterocycles. The molecule has 14 heavy (non-hydrogen) atoms. The molecular weight excluding hydrogens is 170 g/mol. The van der Waals surface area contributed by atoms with Gasteiger partial charge in [0, 0.05) is 13.0 Å². The van der Waals surface area contributed by atoms with E-state index >= 15 is 0 Å². The Bertz CT molecular complexity index is 292. The van der Waals surface area contributed by atoms with Gasteiger partial charge in [-0.3, -0.25) is 0 Å². The largest absolute Gasteiger partial charge is 0.251 e. The van der Waals surface area contributed by atoms with Gasteiger partial charge in [0.1, 0.15) is 0 Å². The average molecular weight is 190 g/mol. The Labute approximate surface area is 87.1 Å². The molecule has 1 unspecified atom stereocenters. The first kappa shape index (κ1) is 11.0. The van der Waals surface area contributed by atoms with E-state index in [1.165, 1.54) is 18.6 Å². The number of rotatable bonds is 5. The Morgan fingerprint density at radius 2 is 2.14 bits per heavy atom. The summed E-state index contributed by atoms with van der Waals surface area (Å²) in [5.41, 5.74) is 1.41. The minimum atomic E-state index is 0.601. The zero-order chi connectivity index (χ0) is 10.4. The highest BCUT2D eigenvalue weighted by Gasteiger charge is 2.40. The second kappa shape index (κ2) is 5.58.